The molecule has 5 heteroatoms. The van der Waals surface area contributed by atoms with Crippen LogP contribution in [0.5, 0.6) is 0 Å². The van der Waals surface area contributed by atoms with Gasteiger partial charge in [0, 0.05) is 11.4 Å². The van der Waals surface area contributed by atoms with Crippen molar-refractivity contribution >= 4 is 17.3 Å². The zero-order valence-electron chi connectivity index (χ0n) is 11.0. The zero-order valence-corrected chi connectivity index (χ0v) is 11.9. The Hall–Kier alpha value is -0.260. The molecule has 0 radical (unpaired) electrons. The molecule has 0 aliphatic carbocycles. The molecule has 0 aromatic heterocycles. The number of ether oxygens (including phenoxy) is 1. The third kappa shape index (κ3) is 7.96. The van der Waals surface area contributed by atoms with Crippen molar-refractivity contribution in [3.63, 3.8) is 0 Å². The van der Waals surface area contributed by atoms with Gasteiger partial charge >= 0.3 is 5.97 Å². The fraction of sp³-hybridized carbons (Fsp3) is 0.909. The van der Waals surface area contributed by atoms with Crippen LogP contribution in [0.25, 0.3) is 0 Å². The molecular weight excluding hydrogens is 226 g/mol. The minimum atomic E-state index is -1.13. The topological polar surface area (TPSA) is 61.4 Å². The Kier molecular flexibility index (Phi) is 5.79. The number of carbonyl (C=O) groups excluding carboxylic acids is 1. The summed E-state index contributed by atoms with van der Waals surface area (Å²) in [6.45, 7) is 11.5. The number of hydrogen-bond donors (Lipinski definition) is 1. The summed E-state index contributed by atoms with van der Waals surface area (Å²) in [5.74, 6) is -0.272. The second-order valence-electron chi connectivity index (χ2n) is 5.61. The molecule has 0 aromatic rings. The Morgan fingerprint density at radius 3 is 2.12 bits per heavy atom. The Morgan fingerprint density at radius 2 is 1.75 bits per heavy atom. The molecule has 0 saturated carbocycles. The van der Waals surface area contributed by atoms with Crippen LogP contribution in [0, 0.1) is 0 Å². The predicted octanol–water partition coefficient (Wildman–Crippen LogP) is 1.77. The SMILES string of the molecule is CC(C)(C)OC(=O)CCN[S+]([O-])C(C)(C)C. The van der Waals surface area contributed by atoms with Crippen molar-refractivity contribution < 1.29 is 14.1 Å². The maximum absolute atomic E-state index is 11.6. The molecule has 16 heavy (non-hydrogen) atoms. The summed E-state index contributed by atoms with van der Waals surface area (Å²) >= 11 is -1.13. The Bertz CT molecular complexity index is 230. The third-order valence-corrected chi connectivity index (χ3v) is 3.12. The van der Waals surface area contributed by atoms with E-state index in [1.807, 2.05) is 41.5 Å². The summed E-state index contributed by atoms with van der Waals surface area (Å²) in [4.78, 5) is 11.3. The van der Waals surface area contributed by atoms with Crippen molar-refractivity contribution in [1.82, 2.24) is 4.72 Å². The van der Waals surface area contributed by atoms with E-state index in [-0.39, 0.29) is 17.1 Å². The van der Waals surface area contributed by atoms with Gasteiger partial charge in [-0.25, -0.2) is 0 Å². The second kappa shape index (κ2) is 5.89. The average Bonchev–Trinajstić information content (AvgIpc) is 1.98. The van der Waals surface area contributed by atoms with Gasteiger partial charge in [0.15, 0.2) is 0 Å². The summed E-state index contributed by atoms with van der Waals surface area (Å²) in [6.07, 6.45) is 0.235. The van der Waals surface area contributed by atoms with E-state index in [0.717, 1.165) is 0 Å². The Labute approximate surface area is 101 Å². The van der Waals surface area contributed by atoms with Crippen LogP contribution < -0.4 is 4.72 Å². The van der Waals surface area contributed by atoms with Gasteiger partial charge in [0.1, 0.15) is 10.3 Å². The molecule has 0 aromatic carbocycles. The van der Waals surface area contributed by atoms with E-state index in [1.165, 1.54) is 0 Å². The molecule has 1 atom stereocenters. The van der Waals surface area contributed by atoms with Crippen LogP contribution in [0.2, 0.25) is 0 Å². The smallest absolute Gasteiger partial charge is 0.307 e. The van der Waals surface area contributed by atoms with Crippen LogP contribution in [0.3, 0.4) is 0 Å². The van der Waals surface area contributed by atoms with E-state index in [0.29, 0.717) is 6.54 Å². The van der Waals surface area contributed by atoms with Crippen molar-refractivity contribution in [2.24, 2.45) is 0 Å². The maximum Gasteiger partial charge on any atom is 0.307 e. The lowest BCUT2D eigenvalue weighted by Crippen LogP contribution is -2.40. The van der Waals surface area contributed by atoms with E-state index < -0.39 is 17.0 Å². The molecule has 0 amide bonds. The first-order chi connectivity index (χ1) is 7.02. The van der Waals surface area contributed by atoms with Gasteiger partial charge in [-0.15, -0.1) is 4.72 Å². The van der Waals surface area contributed by atoms with Crippen LogP contribution in [0.15, 0.2) is 0 Å². The van der Waals surface area contributed by atoms with Gasteiger partial charge in [0.25, 0.3) is 0 Å². The van der Waals surface area contributed by atoms with Crippen molar-refractivity contribution in [3.8, 4) is 0 Å². The van der Waals surface area contributed by atoms with Crippen LogP contribution in [0.4, 0.5) is 0 Å². The molecule has 0 aliphatic heterocycles. The van der Waals surface area contributed by atoms with Crippen LogP contribution in [-0.2, 0) is 20.9 Å². The van der Waals surface area contributed by atoms with E-state index in [2.05, 4.69) is 4.72 Å². The Morgan fingerprint density at radius 1 is 1.25 bits per heavy atom. The molecule has 0 heterocycles. The highest BCUT2D eigenvalue weighted by molar-refractivity contribution is 7.90. The molecule has 0 spiro atoms. The van der Waals surface area contributed by atoms with Gasteiger partial charge in [-0.2, -0.15) is 0 Å². The minimum absolute atomic E-state index is 0.235. The lowest BCUT2D eigenvalue weighted by molar-refractivity contribution is -0.154. The number of carbonyl (C=O) groups is 1. The molecule has 0 aliphatic rings. The van der Waals surface area contributed by atoms with Crippen LogP contribution >= 0.6 is 0 Å². The zero-order chi connectivity index (χ0) is 13.0. The fourth-order valence-corrected chi connectivity index (χ4v) is 1.58. The van der Waals surface area contributed by atoms with E-state index >= 15 is 0 Å². The number of hydrogen-bond acceptors (Lipinski definition) is 4. The Balaban J connectivity index is 3.79. The minimum Gasteiger partial charge on any atom is -0.598 e. The second-order valence-corrected chi connectivity index (χ2v) is 7.66. The van der Waals surface area contributed by atoms with Gasteiger partial charge < -0.3 is 9.29 Å². The standard InChI is InChI=1S/C11H23NO3S/c1-10(2,3)15-9(13)7-8-12-16(14)11(4,5)6/h12H,7-8H2,1-6H3. The van der Waals surface area contributed by atoms with Gasteiger partial charge in [0.05, 0.1) is 13.0 Å². The number of nitrogens with one attached hydrogen (secondary N) is 1. The van der Waals surface area contributed by atoms with Crippen LogP contribution in [-0.4, -0.2) is 27.4 Å². The van der Waals surface area contributed by atoms with Gasteiger partial charge in [0.2, 0.25) is 0 Å². The average molecular weight is 249 g/mol. The molecular formula is C11H23NO3S. The summed E-state index contributed by atoms with van der Waals surface area (Å²) in [5.41, 5.74) is -0.458. The summed E-state index contributed by atoms with van der Waals surface area (Å²) in [5, 5.41) is 0. The summed E-state index contributed by atoms with van der Waals surface area (Å²) in [6, 6.07) is 0. The molecule has 0 rings (SSSR count). The molecule has 4 nitrogen and oxygen atoms in total. The van der Waals surface area contributed by atoms with Crippen molar-refractivity contribution in [2.75, 3.05) is 6.54 Å². The molecule has 1 N–H and O–H groups in total. The van der Waals surface area contributed by atoms with Gasteiger partial charge in [-0.3, -0.25) is 4.79 Å². The first-order valence-electron chi connectivity index (χ1n) is 5.39. The summed E-state index contributed by atoms with van der Waals surface area (Å²) in [7, 11) is 0. The largest absolute Gasteiger partial charge is 0.598 e. The first-order valence-corrected chi connectivity index (χ1v) is 6.54. The van der Waals surface area contributed by atoms with Gasteiger partial charge in [-0.05, 0) is 41.5 Å². The number of esters is 1. The fourth-order valence-electron chi connectivity index (χ4n) is 0.855. The highest BCUT2D eigenvalue weighted by atomic mass is 32.2. The molecule has 0 saturated heterocycles. The van der Waals surface area contributed by atoms with Crippen LogP contribution in [0.1, 0.15) is 48.0 Å². The molecule has 96 valence electrons. The molecule has 0 bridgehead atoms. The monoisotopic (exact) mass is 249 g/mol. The molecule has 0 fully saturated rings. The summed E-state index contributed by atoms with van der Waals surface area (Å²) < 4.78 is 19.2. The van der Waals surface area contributed by atoms with Crippen molar-refractivity contribution in [2.45, 2.75) is 58.3 Å². The quantitative estimate of drug-likeness (QED) is 0.609. The number of rotatable bonds is 4. The van der Waals surface area contributed by atoms with Crippen molar-refractivity contribution in [3.05, 3.63) is 0 Å². The lowest BCUT2D eigenvalue weighted by atomic mass is 10.2. The highest BCUT2D eigenvalue weighted by Gasteiger charge is 2.26. The highest BCUT2D eigenvalue weighted by Crippen LogP contribution is 2.13. The molecule has 1 unspecified atom stereocenters. The van der Waals surface area contributed by atoms with E-state index in [9.17, 15) is 9.35 Å². The maximum atomic E-state index is 11.6. The first kappa shape index (κ1) is 15.7. The third-order valence-electron chi connectivity index (χ3n) is 1.54. The van der Waals surface area contributed by atoms with E-state index in [1.54, 1.807) is 0 Å². The van der Waals surface area contributed by atoms with Gasteiger partial charge in [-0.1, -0.05) is 0 Å². The predicted molar refractivity (Wildman–Crippen MR) is 66.4 cm³/mol. The lowest BCUT2D eigenvalue weighted by Gasteiger charge is -2.24. The van der Waals surface area contributed by atoms with Crippen molar-refractivity contribution in [1.29, 1.82) is 0 Å². The van der Waals surface area contributed by atoms with E-state index in [4.69, 9.17) is 4.74 Å². The normalized spacial score (nSPS) is 14.7.